The Balaban J connectivity index is 2.13. The van der Waals surface area contributed by atoms with Crippen LogP contribution in [0.2, 0.25) is 0 Å². The summed E-state index contributed by atoms with van der Waals surface area (Å²) in [4.78, 5) is 17.6. The van der Waals surface area contributed by atoms with Gasteiger partial charge in [0.2, 0.25) is 0 Å². The first-order valence-corrected chi connectivity index (χ1v) is 5.56. The fraction of sp³-hybridized carbons (Fsp3) is 0.636. The molecular weight excluding hydrogens is 208 g/mol. The Kier molecular flexibility index (Phi) is 3.24. The molecule has 5 nitrogen and oxygen atoms in total. The lowest BCUT2D eigenvalue weighted by Gasteiger charge is -2.33. The Labute approximate surface area is 94.1 Å². The number of rotatable bonds is 2. The fourth-order valence-electron chi connectivity index (χ4n) is 2.03. The lowest BCUT2D eigenvalue weighted by molar-refractivity contribution is 0.0464. The molecule has 1 aromatic heterocycles. The van der Waals surface area contributed by atoms with Gasteiger partial charge in [-0.25, -0.2) is 4.98 Å². The topological polar surface area (TPSA) is 66.6 Å². The van der Waals surface area contributed by atoms with Crippen molar-refractivity contribution in [3.05, 3.63) is 17.8 Å². The number of oxazole rings is 1. The molecule has 1 amide bonds. The number of nitrogens with zero attached hydrogens (tertiary/aromatic N) is 2. The number of aromatic nitrogens is 1. The number of amides is 1. The van der Waals surface area contributed by atoms with E-state index in [0.29, 0.717) is 12.3 Å². The zero-order chi connectivity index (χ0) is 11.5. The predicted octanol–water partition coefficient (Wildman–Crippen LogP) is 0.970. The molecule has 1 aromatic rings. The summed E-state index contributed by atoms with van der Waals surface area (Å²) in [5.41, 5.74) is 0. The van der Waals surface area contributed by atoms with Crippen LogP contribution in [0.25, 0.3) is 0 Å². The van der Waals surface area contributed by atoms with E-state index in [1.807, 2.05) is 0 Å². The molecule has 16 heavy (non-hydrogen) atoms. The van der Waals surface area contributed by atoms with E-state index in [1.54, 1.807) is 11.8 Å². The lowest BCUT2D eigenvalue weighted by atomic mass is 10.0. The molecule has 1 aliphatic rings. The van der Waals surface area contributed by atoms with Crippen LogP contribution in [0.4, 0.5) is 0 Å². The van der Waals surface area contributed by atoms with Crippen LogP contribution >= 0.6 is 0 Å². The molecule has 1 fully saturated rings. The summed E-state index contributed by atoms with van der Waals surface area (Å²) in [6, 6.07) is -0.0894. The zero-order valence-electron chi connectivity index (χ0n) is 9.35. The zero-order valence-corrected chi connectivity index (χ0v) is 9.35. The first-order chi connectivity index (χ1) is 7.72. The summed E-state index contributed by atoms with van der Waals surface area (Å²) in [6.45, 7) is 2.43. The molecular formula is C11H16N2O3. The summed E-state index contributed by atoms with van der Waals surface area (Å²) < 4.78 is 5.21. The number of hydrogen-bond acceptors (Lipinski definition) is 4. The third-order valence-corrected chi connectivity index (χ3v) is 2.90. The van der Waals surface area contributed by atoms with Crippen molar-refractivity contribution in [3.63, 3.8) is 0 Å². The maximum atomic E-state index is 12.0. The minimum Gasteiger partial charge on any atom is -0.438 e. The van der Waals surface area contributed by atoms with Crippen LogP contribution in [0.15, 0.2) is 10.6 Å². The van der Waals surface area contributed by atoms with Crippen LogP contribution in [0.3, 0.4) is 0 Å². The fourth-order valence-corrected chi connectivity index (χ4v) is 2.03. The van der Waals surface area contributed by atoms with Crippen LogP contribution in [0.5, 0.6) is 0 Å². The molecule has 0 radical (unpaired) electrons. The second-order valence-corrected chi connectivity index (χ2v) is 4.11. The number of aryl methyl sites for hydroxylation is 1. The van der Waals surface area contributed by atoms with Gasteiger partial charge in [0.25, 0.3) is 5.89 Å². The summed E-state index contributed by atoms with van der Waals surface area (Å²) in [5, 5.41) is 9.22. The highest BCUT2D eigenvalue weighted by molar-refractivity contribution is 5.90. The van der Waals surface area contributed by atoms with Crippen LogP contribution in [0, 0.1) is 6.92 Å². The SMILES string of the molecule is Cc1cnc(C(=O)N2CCCCC2CO)o1. The molecule has 1 N–H and O–H groups in total. The first kappa shape index (κ1) is 11.1. The van der Waals surface area contributed by atoms with Gasteiger partial charge in [-0.1, -0.05) is 0 Å². The molecule has 88 valence electrons. The van der Waals surface area contributed by atoms with Crippen molar-refractivity contribution in [2.45, 2.75) is 32.2 Å². The van der Waals surface area contributed by atoms with Crippen LogP contribution < -0.4 is 0 Å². The summed E-state index contributed by atoms with van der Waals surface area (Å²) in [7, 11) is 0. The average molecular weight is 224 g/mol. The molecule has 0 spiro atoms. The third kappa shape index (κ3) is 2.09. The minimum absolute atomic E-state index is 0.00539. The van der Waals surface area contributed by atoms with E-state index >= 15 is 0 Å². The van der Waals surface area contributed by atoms with Gasteiger partial charge in [-0.05, 0) is 26.2 Å². The highest BCUT2D eigenvalue weighted by Gasteiger charge is 2.29. The number of aliphatic hydroxyl groups excluding tert-OH is 1. The summed E-state index contributed by atoms with van der Waals surface area (Å²) >= 11 is 0. The van der Waals surface area contributed by atoms with E-state index < -0.39 is 0 Å². The second-order valence-electron chi connectivity index (χ2n) is 4.11. The Morgan fingerprint density at radius 2 is 2.50 bits per heavy atom. The maximum absolute atomic E-state index is 12.0. The van der Waals surface area contributed by atoms with Gasteiger partial charge in [0.1, 0.15) is 5.76 Å². The minimum atomic E-state index is -0.216. The van der Waals surface area contributed by atoms with Crippen molar-refractivity contribution in [2.75, 3.05) is 13.2 Å². The van der Waals surface area contributed by atoms with Gasteiger partial charge in [0.15, 0.2) is 0 Å². The average Bonchev–Trinajstić information content (AvgIpc) is 2.75. The van der Waals surface area contributed by atoms with Crippen LogP contribution in [0.1, 0.15) is 35.7 Å². The van der Waals surface area contributed by atoms with Gasteiger partial charge in [-0.2, -0.15) is 0 Å². The Morgan fingerprint density at radius 1 is 1.69 bits per heavy atom. The van der Waals surface area contributed by atoms with E-state index in [1.165, 1.54) is 6.20 Å². The molecule has 1 unspecified atom stereocenters. The van der Waals surface area contributed by atoms with E-state index in [2.05, 4.69) is 4.98 Å². The molecule has 1 saturated heterocycles. The van der Waals surface area contributed by atoms with E-state index in [0.717, 1.165) is 19.3 Å². The molecule has 1 atom stereocenters. The highest BCUT2D eigenvalue weighted by Crippen LogP contribution is 2.19. The monoisotopic (exact) mass is 224 g/mol. The summed E-state index contributed by atoms with van der Waals surface area (Å²) in [6.07, 6.45) is 4.41. The molecule has 5 heteroatoms. The van der Waals surface area contributed by atoms with E-state index in [9.17, 15) is 9.90 Å². The number of likely N-dealkylation sites (tertiary alicyclic amines) is 1. The predicted molar refractivity (Wildman–Crippen MR) is 57.0 cm³/mol. The number of carbonyl (C=O) groups is 1. The lowest BCUT2D eigenvalue weighted by Crippen LogP contribution is -2.45. The standard InChI is InChI=1S/C11H16N2O3/c1-8-6-12-10(16-8)11(15)13-5-3-2-4-9(13)7-14/h6,9,14H,2-5,7H2,1H3. The Hall–Kier alpha value is -1.36. The van der Waals surface area contributed by atoms with Gasteiger partial charge in [-0.3, -0.25) is 4.79 Å². The van der Waals surface area contributed by atoms with Crippen LogP contribution in [-0.2, 0) is 0 Å². The normalized spacial score (nSPS) is 21.1. The van der Waals surface area contributed by atoms with Crippen molar-refractivity contribution in [1.82, 2.24) is 9.88 Å². The number of piperidine rings is 1. The first-order valence-electron chi connectivity index (χ1n) is 5.56. The number of hydrogen-bond donors (Lipinski definition) is 1. The quantitative estimate of drug-likeness (QED) is 0.812. The largest absolute Gasteiger partial charge is 0.438 e. The molecule has 0 saturated carbocycles. The van der Waals surface area contributed by atoms with Crippen molar-refractivity contribution in [3.8, 4) is 0 Å². The van der Waals surface area contributed by atoms with Gasteiger partial charge in [0.05, 0.1) is 18.8 Å². The molecule has 0 aromatic carbocycles. The maximum Gasteiger partial charge on any atom is 0.310 e. The molecule has 2 rings (SSSR count). The molecule has 1 aliphatic heterocycles. The van der Waals surface area contributed by atoms with E-state index in [4.69, 9.17) is 4.42 Å². The Morgan fingerprint density at radius 3 is 3.12 bits per heavy atom. The smallest absolute Gasteiger partial charge is 0.310 e. The number of carbonyl (C=O) groups excluding carboxylic acids is 1. The van der Waals surface area contributed by atoms with Crippen LogP contribution in [-0.4, -0.2) is 40.1 Å². The molecule has 2 heterocycles. The highest BCUT2D eigenvalue weighted by atomic mass is 16.4. The van der Waals surface area contributed by atoms with Crippen molar-refractivity contribution in [2.24, 2.45) is 0 Å². The van der Waals surface area contributed by atoms with Gasteiger partial charge < -0.3 is 14.4 Å². The van der Waals surface area contributed by atoms with Gasteiger partial charge in [0, 0.05) is 6.54 Å². The van der Waals surface area contributed by atoms with Crippen molar-refractivity contribution in [1.29, 1.82) is 0 Å². The number of aliphatic hydroxyl groups is 1. The van der Waals surface area contributed by atoms with Gasteiger partial charge in [-0.15, -0.1) is 0 Å². The van der Waals surface area contributed by atoms with Crippen molar-refractivity contribution >= 4 is 5.91 Å². The van der Waals surface area contributed by atoms with Gasteiger partial charge >= 0.3 is 5.91 Å². The molecule has 0 aliphatic carbocycles. The van der Waals surface area contributed by atoms with Crippen molar-refractivity contribution < 1.29 is 14.3 Å². The Bertz CT molecular complexity index is 375. The second kappa shape index (κ2) is 4.65. The summed E-state index contributed by atoms with van der Waals surface area (Å²) in [5.74, 6) is 0.533. The third-order valence-electron chi connectivity index (χ3n) is 2.90. The van der Waals surface area contributed by atoms with E-state index in [-0.39, 0.29) is 24.4 Å². The molecule has 0 bridgehead atoms.